The van der Waals surface area contributed by atoms with E-state index >= 15 is 0 Å². The van der Waals surface area contributed by atoms with Crippen LogP contribution < -0.4 is 10.9 Å². The first-order valence-electron chi connectivity index (χ1n) is 11.3. The molecule has 2 N–H and O–H groups in total. The van der Waals surface area contributed by atoms with Gasteiger partial charge in [0.25, 0.3) is 15.8 Å². The van der Waals surface area contributed by atoms with Crippen molar-refractivity contribution in [3.63, 3.8) is 0 Å². The molecule has 176 valence electrons. The van der Waals surface area contributed by atoms with Gasteiger partial charge in [-0.2, -0.15) is 22.0 Å². The SMILES string of the molecule is CN(C)S(=O)(=O)N1CCC(Nc2ncc3cc(CCO)c(=O)n(C4CCCC4)c3n2)CC1. The normalized spacial score (nSPS) is 19.2. The fourth-order valence-corrected chi connectivity index (χ4v) is 5.83. The van der Waals surface area contributed by atoms with Gasteiger partial charge in [-0.25, -0.2) is 4.98 Å². The summed E-state index contributed by atoms with van der Waals surface area (Å²) in [6.45, 7) is 0.792. The Labute approximate surface area is 188 Å². The molecule has 3 heterocycles. The fourth-order valence-electron chi connectivity index (χ4n) is 4.69. The van der Waals surface area contributed by atoms with Crippen LogP contribution in [0.4, 0.5) is 5.95 Å². The van der Waals surface area contributed by atoms with Gasteiger partial charge in [-0.3, -0.25) is 9.36 Å². The van der Waals surface area contributed by atoms with E-state index in [4.69, 9.17) is 4.98 Å². The van der Waals surface area contributed by atoms with Gasteiger partial charge in [0, 0.05) is 69.4 Å². The highest BCUT2D eigenvalue weighted by atomic mass is 32.2. The Morgan fingerprint density at radius 2 is 1.88 bits per heavy atom. The second-order valence-electron chi connectivity index (χ2n) is 8.84. The van der Waals surface area contributed by atoms with Gasteiger partial charge in [0.2, 0.25) is 5.95 Å². The lowest BCUT2D eigenvalue weighted by Crippen LogP contribution is -2.46. The number of anilines is 1. The molecule has 1 aliphatic carbocycles. The predicted octanol–water partition coefficient (Wildman–Crippen LogP) is 1.12. The number of rotatable bonds is 7. The van der Waals surface area contributed by atoms with Crippen LogP contribution in [0.3, 0.4) is 0 Å². The Hall–Kier alpha value is -2.08. The van der Waals surface area contributed by atoms with E-state index in [1.165, 1.54) is 8.61 Å². The maximum atomic E-state index is 13.2. The molecule has 4 rings (SSSR count). The number of pyridine rings is 1. The van der Waals surface area contributed by atoms with Gasteiger partial charge in [0.1, 0.15) is 5.65 Å². The second-order valence-corrected chi connectivity index (χ2v) is 11.0. The van der Waals surface area contributed by atoms with E-state index in [2.05, 4.69) is 10.3 Å². The van der Waals surface area contributed by atoms with Crippen molar-refractivity contribution >= 4 is 27.2 Å². The summed E-state index contributed by atoms with van der Waals surface area (Å²) < 4.78 is 29.2. The lowest BCUT2D eigenvalue weighted by molar-refractivity contribution is 0.298. The van der Waals surface area contributed by atoms with Crippen LogP contribution in [0.2, 0.25) is 0 Å². The van der Waals surface area contributed by atoms with Gasteiger partial charge in [0.05, 0.1) is 0 Å². The van der Waals surface area contributed by atoms with Gasteiger partial charge in [0.15, 0.2) is 0 Å². The van der Waals surface area contributed by atoms with Crippen LogP contribution in [0.25, 0.3) is 11.0 Å². The third-order valence-electron chi connectivity index (χ3n) is 6.49. The van der Waals surface area contributed by atoms with Gasteiger partial charge >= 0.3 is 0 Å². The molecule has 0 atom stereocenters. The molecule has 1 saturated heterocycles. The molecule has 2 fully saturated rings. The molecular weight excluding hydrogens is 432 g/mol. The van der Waals surface area contributed by atoms with Crippen molar-refractivity contribution in [1.29, 1.82) is 0 Å². The standard InChI is InChI=1S/C21H32N6O4S/c1-25(2)32(30,31)26-10-7-17(8-11-26)23-21-22-14-16-13-15(9-12-28)20(29)27(19(16)24-21)18-5-3-4-6-18/h13-14,17-18,28H,3-12H2,1-2H3,(H,22,23,24). The largest absolute Gasteiger partial charge is 0.396 e. The molecule has 1 saturated carbocycles. The zero-order valence-electron chi connectivity index (χ0n) is 18.7. The van der Waals surface area contributed by atoms with E-state index < -0.39 is 10.2 Å². The molecule has 11 heteroatoms. The smallest absolute Gasteiger partial charge is 0.281 e. The molecule has 32 heavy (non-hydrogen) atoms. The predicted molar refractivity (Wildman–Crippen MR) is 123 cm³/mol. The Morgan fingerprint density at radius 3 is 2.50 bits per heavy atom. The quantitative estimate of drug-likeness (QED) is 0.630. The first kappa shape index (κ1) is 23.1. The molecule has 0 amide bonds. The summed E-state index contributed by atoms with van der Waals surface area (Å²) in [7, 11) is -0.322. The number of hydrogen-bond donors (Lipinski definition) is 2. The third-order valence-corrected chi connectivity index (χ3v) is 8.43. The first-order valence-corrected chi connectivity index (χ1v) is 12.7. The van der Waals surface area contributed by atoms with Crippen LogP contribution >= 0.6 is 0 Å². The van der Waals surface area contributed by atoms with E-state index in [0.717, 1.165) is 31.1 Å². The Balaban J connectivity index is 1.58. The van der Waals surface area contributed by atoms with Crippen LogP contribution in [0.1, 0.15) is 50.1 Å². The van der Waals surface area contributed by atoms with E-state index in [1.54, 1.807) is 30.9 Å². The number of fused-ring (bicyclic) bond motifs is 1. The highest BCUT2D eigenvalue weighted by Crippen LogP contribution is 2.31. The molecule has 2 aromatic heterocycles. The summed E-state index contributed by atoms with van der Waals surface area (Å²) in [6, 6.07) is 1.96. The van der Waals surface area contributed by atoms with Crippen LogP contribution in [-0.2, 0) is 16.6 Å². The van der Waals surface area contributed by atoms with Crippen LogP contribution in [0.5, 0.6) is 0 Å². The Kier molecular flexibility index (Phi) is 6.80. The van der Waals surface area contributed by atoms with Crippen molar-refractivity contribution in [2.75, 3.05) is 39.1 Å². The summed E-state index contributed by atoms with van der Waals surface area (Å²) in [5.41, 5.74) is 1.13. The van der Waals surface area contributed by atoms with Crippen LogP contribution in [0.15, 0.2) is 17.1 Å². The third kappa shape index (κ3) is 4.52. The van der Waals surface area contributed by atoms with Crippen molar-refractivity contribution in [3.8, 4) is 0 Å². The number of aliphatic hydroxyl groups excluding tert-OH is 1. The molecule has 2 aliphatic rings. The molecule has 10 nitrogen and oxygen atoms in total. The average molecular weight is 465 g/mol. The minimum Gasteiger partial charge on any atom is -0.396 e. The van der Waals surface area contributed by atoms with Crippen molar-refractivity contribution < 1.29 is 13.5 Å². The number of aromatic nitrogens is 3. The molecule has 0 radical (unpaired) electrons. The zero-order chi connectivity index (χ0) is 22.9. The number of aliphatic hydroxyl groups is 1. The fraction of sp³-hybridized carbons (Fsp3) is 0.667. The highest BCUT2D eigenvalue weighted by Gasteiger charge is 2.30. The topological polar surface area (TPSA) is 121 Å². The van der Waals surface area contributed by atoms with Crippen molar-refractivity contribution in [1.82, 2.24) is 23.1 Å². The van der Waals surface area contributed by atoms with Gasteiger partial charge in [-0.15, -0.1) is 0 Å². The summed E-state index contributed by atoms with van der Waals surface area (Å²) in [5.74, 6) is 0.451. The highest BCUT2D eigenvalue weighted by molar-refractivity contribution is 7.86. The lowest BCUT2D eigenvalue weighted by atomic mass is 10.1. The van der Waals surface area contributed by atoms with Crippen molar-refractivity contribution in [3.05, 3.63) is 28.2 Å². The summed E-state index contributed by atoms with van der Waals surface area (Å²) in [5, 5.41) is 13.5. The van der Waals surface area contributed by atoms with Crippen molar-refractivity contribution in [2.24, 2.45) is 0 Å². The van der Waals surface area contributed by atoms with Gasteiger partial charge in [-0.05, 0) is 31.7 Å². The number of hydrogen-bond acceptors (Lipinski definition) is 7. The average Bonchev–Trinajstić information content (AvgIpc) is 3.29. The Bertz CT molecular complexity index is 1120. The molecule has 1 aliphatic heterocycles. The minimum absolute atomic E-state index is 0.0568. The molecule has 2 aromatic rings. The monoisotopic (exact) mass is 464 g/mol. The van der Waals surface area contributed by atoms with Crippen LogP contribution in [0, 0.1) is 0 Å². The zero-order valence-corrected chi connectivity index (χ0v) is 19.5. The molecule has 0 spiro atoms. The number of nitrogens with one attached hydrogen (secondary N) is 1. The van der Waals surface area contributed by atoms with E-state index in [9.17, 15) is 18.3 Å². The summed E-state index contributed by atoms with van der Waals surface area (Å²) in [6.07, 6.45) is 7.42. The van der Waals surface area contributed by atoms with E-state index in [1.807, 2.05) is 0 Å². The minimum atomic E-state index is -3.40. The lowest BCUT2D eigenvalue weighted by Gasteiger charge is -2.33. The molecule has 0 bridgehead atoms. The molecule has 0 aromatic carbocycles. The van der Waals surface area contributed by atoms with Gasteiger partial charge in [-0.1, -0.05) is 12.8 Å². The van der Waals surface area contributed by atoms with E-state index in [0.29, 0.717) is 49.5 Å². The van der Waals surface area contributed by atoms with Crippen molar-refractivity contribution in [2.45, 2.75) is 57.0 Å². The Morgan fingerprint density at radius 1 is 1.19 bits per heavy atom. The number of piperidine rings is 1. The maximum absolute atomic E-state index is 13.2. The van der Waals surface area contributed by atoms with Gasteiger partial charge < -0.3 is 10.4 Å². The maximum Gasteiger partial charge on any atom is 0.281 e. The van der Waals surface area contributed by atoms with Crippen LogP contribution in [-0.4, -0.2) is 76.5 Å². The summed E-state index contributed by atoms with van der Waals surface area (Å²) >= 11 is 0. The summed E-state index contributed by atoms with van der Waals surface area (Å²) in [4.78, 5) is 22.3. The van der Waals surface area contributed by atoms with E-state index in [-0.39, 0.29) is 24.2 Å². The molecule has 0 unspecified atom stereocenters. The second kappa shape index (κ2) is 9.42. The first-order chi connectivity index (χ1) is 15.3. The number of nitrogens with zero attached hydrogens (tertiary/aromatic N) is 5. The molecular formula is C21H32N6O4S.